The zero-order chi connectivity index (χ0) is 13.6. The van der Waals surface area contributed by atoms with Gasteiger partial charge < -0.3 is 0 Å². The molecule has 6 heteroatoms. The number of thiophene rings is 1. The van der Waals surface area contributed by atoms with Crippen molar-refractivity contribution in [3.63, 3.8) is 0 Å². The van der Waals surface area contributed by atoms with Crippen molar-refractivity contribution in [2.24, 2.45) is 7.05 Å². The maximum absolute atomic E-state index is 12.4. The van der Waals surface area contributed by atoms with Crippen molar-refractivity contribution in [2.45, 2.75) is 20.4 Å². The predicted molar refractivity (Wildman–Crippen MR) is 75.7 cm³/mol. The summed E-state index contributed by atoms with van der Waals surface area (Å²) >= 11 is 1.54. The van der Waals surface area contributed by atoms with Gasteiger partial charge in [0.25, 0.3) is 5.56 Å². The van der Waals surface area contributed by atoms with Crippen molar-refractivity contribution in [1.82, 2.24) is 19.3 Å². The molecule has 0 unspecified atom stereocenters. The minimum Gasteiger partial charge on any atom is -0.293 e. The number of hydrogen-bond donors (Lipinski definition) is 0. The van der Waals surface area contributed by atoms with Crippen molar-refractivity contribution in [1.29, 1.82) is 0 Å². The number of aromatic nitrogens is 4. The molecule has 0 amide bonds. The third-order valence-electron chi connectivity index (χ3n) is 3.08. The smallest absolute Gasteiger partial charge is 0.262 e. The predicted octanol–water partition coefficient (Wildman–Crippen LogP) is 1.86. The summed E-state index contributed by atoms with van der Waals surface area (Å²) in [6.07, 6.45) is 3.55. The lowest BCUT2D eigenvalue weighted by Gasteiger charge is -2.03. The van der Waals surface area contributed by atoms with Gasteiger partial charge in [0.15, 0.2) is 0 Å². The van der Waals surface area contributed by atoms with Gasteiger partial charge in [-0.15, -0.1) is 11.3 Å². The van der Waals surface area contributed by atoms with E-state index in [-0.39, 0.29) is 5.56 Å². The molecule has 0 spiro atoms. The quantitative estimate of drug-likeness (QED) is 0.716. The molecule has 0 atom stereocenters. The maximum atomic E-state index is 12.4. The van der Waals surface area contributed by atoms with Gasteiger partial charge in [-0.3, -0.25) is 14.0 Å². The van der Waals surface area contributed by atoms with Gasteiger partial charge in [0.05, 0.1) is 24.0 Å². The third-order valence-corrected chi connectivity index (χ3v) is 4.03. The zero-order valence-electron chi connectivity index (χ0n) is 11.0. The fraction of sp³-hybridized carbons (Fsp3) is 0.308. The Kier molecular flexibility index (Phi) is 2.74. The normalized spacial score (nSPS) is 11.3. The Labute approximate surface area is 114 Å². The third kappa shape index (κ3) is 2.08. The van der Waals surface area contributed by atoms with Gasteiger partial charge in [-0.05, 0) is 25.5 Å². The average molecular weight is 274 g/mol. The molecule has 0 saturated heterocycles. The first-order valence-corrected chi connectivity index (χ1v) is 6.81. The molecule has 0 fully saturated rings. The molecule has 98 valence electrons. The average Bonchev–Trinajstić information content (AvgIpc) is 2.86. The van der Waals surface area contributed by atoms with Crippen LogP contribution in [-0.4, -0.2) is 19.3 Å². The van der Waals surface area contributed by atoms with E-state index in [0.29, 0.717) is 11.9 Å². The highest BCUT2D eigenvalue weighted by Crippen LogP contribution is 2.19. The first-order valence-electron chi connectivity index (χ1n) is 5.99. The Morgan fingerprint density at radius 3 is 2.84 bits per heavy atom. The highest BCUT2D eigenvalue weighted by molar-refractivity contribution is 7.18. The van der Waals surface area contributed by atoms with Crippen molar-refractivity contribution < 1.29 is 0 Å². The van der Waals surface area contributed by atoms with Crippen molar-refractivity contribution in [3.8, 4) is 0 Å². The zero-order valence-corrected chi connectivity index (χ0v) is 11.9. The van der Waals surface area contributed by atoms with Crippen LogP contribution in [0.3, 0.4) is 0 Å². The second-order valence-electron chi connectivity index (χ2n) is 4.69. The lowest BCUT2D eigenvalue weighted by Crippen LogP contribution is -2.21. The Morgan fingerprint density at radius 2 is 2.16 bits per heavy atom. The Morgan fingerprint density at radius 1 is 1.37 bits per heavy atom. The van der Waals surface area contributed by atoms with Crippen molar-refractivity contribution in [2.75, 3.05) is 0 Å². The molecule has 0 N–H and O–H groups in total. The standard InChI is InChI=1S/C13H14N4OS/c1-8-5-16(3)15-11(8)6-17-7-14-12-10(13(17)18)4-9(2)19-12/h4-5,7H,6H2,1-3H3. The SMILES string of the molecule is Cc1cc2c(=O)n(Cc3nn(C)cc3C)cnc2s1. The van der Waals surface area contributed by atoms with E-state index < -0.39 is 0 Å². The summed E-state index contributed by atoms with van der Waals surface area (Å²) in [5.41, 5.74) is 1.98. The largest absolute Gasteiger partial charge is 0.293 e. The van der Waals surface area contributed by atoms with E-state index in [2.05, 4.69) is 10.1 Å². The first kappa shape index (κ1) is 12.1. The van der Waals surface area contributed by atoms with E-state index in [1.165, 1.54) is 0 Å². The number of fused-ring (bicyclic) bond motifs is 1. The van der Waals surface area contributed by atoms with E-state index in [9.17, 15) is 4.79 Å². The summed E-state index contributed by atoms with van der Waals surface area (Å²) in [4.78, 5) is 18.6. The molecule has 0 aliphatic carbocycles. The van der Waals surface area contributed by atoms with Crippen LogP contribution in [0.15, 0.2) is 23.4 Å². The summed E-state index contributed by atoms with van der Waals surface area (Å²) in [6, 6.07) is 1.90. The molecule has 3 aromatic heterocycles. The van der Waals surface area contributed by atoms with Crippen molar-refractivity contribution in [3.05, 3.63) is 45.1 Å². The first-order chi connectivity index (χ1) is 9.04. The lowest BCUT2D eigenvalue weighted by atomic mass is 10.3. The molecule has 19 heavy (non-hydrogen) atoms. The molecule has 0 bridgehead atoms. The molecule has 0 radical (unpaired) electrons. The van der Waals surface area contributed by atoms with Gasteiger partial charge in [0, 0.05) is 18.1 Å². The monoisotopic (exact) mass is 274 g/mol. The van der Waals surface area contributed by atoms with Crippen LogP contribution in [0.2, 0.25) is 0 Å². The van der Waals surface area contributed by atoms with Crippen LogP contribution in [-0.2, 0) is 13.6 Å². The van der Waals surface area contributed by atoms with E-state index >= 15 is 0 Å². The van der Waals surface area contributed by atoms with Crippen LogP contribution in [0.25, 0.3) is 10.2 Å². The second kappa shape index (κ2) is 4.31. The van der Waals surface area contributed by atoms with Crippen molar-refractivity contribution >= 4 is 21.6 Å². The van der Waals surface area contributed by atoms with Gasteiger partial charge in [0.1, 0.15) is 4.83 Å². The Bertz CT molecular complexity index is 812. The van der Waals surface area contributed by atoms with E-state index in [1.54, 1.807) is 26.9 Å². The molecule has 0 aliphatic rings. The fourth-order valence-corrected chi connectivity index (χ4v) is 3.00. The number of rotatable bonds is 2. The molecule has 0 aliphatic heterocycles. The van der Waals surface area contributed by atoms with Crippen LogP contribution in [0, 0.1) is 13.8 Å². The van der Waals surface area contributed by atoms with E-state index in [1.807, 2.05) is 33.2 Å². The summed E-state index contributed by atoms with van der Waals surface area (Å²) in [6.45, 7) is 4.44. The lowest BCUT2D eigenvalue weighted by molar-refractivity contribution is 0.686. The number of nitrogens with zero attached hydrogens (tertiary/aromatic N) is 4. The van der Waals surface area contributed by atoms with Gasteiger partial charge in [0.2, 0.25) is 0 Å². The molecule has 0 saturated carbocycles. The molecule has 5 nitrogen and oxygen atoms in total. The molecule has 3 aromatic rings. The van der Waals surface area contributed by atoms with Gasteiger partial charge in [-0.2, -0.15) is 5.10 Å². The van der Waals surface area contributed by atoms with Crippen LogP contribution < -0.4 is 5.56 Å². The fourth-order valence-electron chi connectivity index (χ4n) is 2.16. The van der Waals surface area contributed by atoms with Crippen LogP contribution in [0.1, 0.15) is 16.1 Å². The van der Waals surface area contributed by atoms with Gasteiger partial charge >= 0.3 is 0 Å². The van der Waals surface area contributed by atoms with E-state index in [4.69, 9.17) is 0 Å². The minimum absolute atomic E-state index is 0.000553. The molecule has 3 heterocycles. The summed E-state index contributed by atoms with van der Waals surface area (Å²) in [7, 11) is 1.88. The highest BCUT2D eigenvalue weighted by atomic mass is 32.1. The molecular formula is C13H14N4OS. The van der Waals surface area contributed by atoms with Crippen LogP contribution in [0.5, 0.6) is 0 Å². The summed E-state index contributed by atoms with van der Waals surface area (Å²) in [5.74, 6) is 0. The minimum atomic E-state index is -0.000553. The van der Waals surface area contributed by atoms with Crippen LogP contribution in [0.4, 0.5) is 0 Å². The van der Waals surface area contributed by atoms with Gasteiger partial charge in [-0.1, -0.05) is 0 Å². The van der Waals surface area contributed by atoms with Crippen LogP contribution >= 0.6 is 11.3 Å². The van der Waals surface area contributed by atoms with E-state index in [0.717, 1.165) is 21.0 Å². The second-order valence-corrected chi connectivity index (χ2v) is 5.92. The maximum Gasteiger partial charge on any atom is 0.262 e. The molecule has 0 aromatic carbocycles. The summed E-state index contributed by atoms with van der Waals surface area (Å²) < 4.78 is 3.38. The molecular weight excluding hydrogens is 260 g/mol. The molecule has 3 rings (SSSR count). The number of hydrogen-bond acceptors (Lipinski definition) is 4. The Hall–Kier alpha value is -1.95. The number of aryl methyl sites for hydroxylation is 3. The highest BCUT2D eigenvalue weighted by Gasteiger charge is 2.10. The van der Waals surface area contributed by atoms with Gasteiger partial charge in [-0.25, -0.2) is 4.98 Å². The summed E-state index contributed by atoms with van der Waals surface area (Å²) in [5, 5.41) is 5.06. The Balaban J connectivity index is 2.08. The topological polar surface area (TPSA) is 52.7 Å².